The van der Waals surface area contributed by atoms with Crippen LogP contribution in [-0.4, -0.2) is 11.1 Å². The lowest BCUT2D eigenvalue weighted by Gasteiger charge is -1.96. The summed E-state index contributed by atoms with van der Waals surface area (Å²) in [6.45, 7) is 3.71. The zero-order valence-corrected chi connectivity index (χ0v) is 8.17. The van der Waals surface area contributed by atoms with Gasteiger partial charge in [-0.3, -0.25) is 4.79 Å². The van der Waals surface area contributed by atoms with E-state index >= 15 is 0 Å². The van der Waals surface area contributed by atoms with Crippen LogP contribution in [0.2, 0.25) is 0 Å². The third kappa shape index (κ3) is 1.68. The first-order valence-electron chi connectivity index (χ1n) is 3.91. The lowest BCUT2D eigenvalue weighted by atomic mass is 10.1. The molecule has 4 heteroatoms. The normalized spacial score (nSPS) is 30.8. The lowest BCUT2D eigenvalue weighted by Crippen LogP contribution is -2.02. The van der Waals surface area contributed by atoms with Gasteiger partial charge in [-0.15, -0.1) is 0 Å². The van der Waals surface area contributed by atoms with Crippen molar-refractivity contribution in [2.75, 3.05) is 0 Å². The molecule has 0 unspecified atom stereocenters. The Morgan fingerprint density at radius 3 is 2.54 bits per heavy atom. The van der Waals surface area contributed by atoms with Crippen LogP contribution in [0, 0.1) is 28.6 Å². The van der Waals surface area contributed by atoms with Crippen molar-refractivity contribution in [1.29, 1.82) is 5.26 Å². The zero-order valence-electron chi connectivity index (χ0n) is 7.41. The molecule has 0 bridgehead atoms. The van der Waals surface area contributed by atoms with E-state index in [0.29, 0.717) is 0 Å². The molecule has 0 aliphatic heterocycles. The van der Waals surface area contributed by atoms with Gasteiger partial charge >= 0.3 is 5.97 Å². The van der Waals surface area contributed by atoms with Crippen LogP contribution in [-0.2, 0) is 4.79 Å². The average Bonchev–Trinajstić information content (AvgIpc) is 2.53. The van der Waals surface area contributed by atoms with Crippen LogP contribution in [0.5, 0.6) is 0 Å². The molecule has 1 saturated carbocycles. The maximum Gasteiger partial charge on any atom is 0.307 e. The fraction of sp³-hybridized carbons (Fsp3) is 0.556. The van der Waals surface area contributed by atoms with Crippen LogP contribution in [0.15, 0.2) is 11.1 Å². The third-order valence-corrected chi connectivity index (χ3v) is 2.82. The van der Waals surface area contributed by atoms with Gasteiger partial charge in [0.2, 0.25) is 0 Å². The van der Waals surface area contributed by atoms with Crippen molar-refractivity contribution in [2.24, 2.45) is 17.3 Å². The Kier molecular flexibility index (Phi) is 2.36. The Labute approximate surface area is 81.6 Å². The Hall–Kier alpha value is -1.01. The Morgan fingerprint density at radius 1 is 1.69 bits per heavy atom. The van der Waals surface area contributed by atoms with Gasteiger partial charge in [0.15, 0.2) is 0 Å². The van der Waals surface area contributed by atoms with Crippen LogP contribution < -0.4 is 0 Å². The number of aliphatic carboxylic acids is 1. The van der Waals surface area contributed by atoms with Crippen LogP contribution in [0.1, 0.15) is 13.8 Å². The summed E-state index contributed by atoms with van der Waals surface area (Å²) < 4.78 is 0. The largest absolute Gasteiger partial charge is 0.481 e. The molecule has 70 valence electrons. The topological polar surface area (TPSA) is 61.1 Å². The van der Waals surface area contributed by atoms with Crippen molar-refractivity contribution in [3.8, 4) is 6.07 Å². The van der Waals surface area contributed by atoms with Gasteiger partial charge in [0.1, 0.15) is 11.1 Å². The summed E-state index contributed by atoms with van der Waals surface area (Å²) in [6.07, 6.45) is 1.53. The van der Waals surface area contributed by atoms with Gasteiger partial charge < -0.3 is 5.11 Å². The second-order valence-electron chi connectivity index (χ2n) is 3.79. The molecule has 0 amide bonds. The van der Waals surface area contributed by atoms with E-state index in [4.69, 9.17) is 22.0 Å². The van der Waals surface area contributed by atoms with E-state index in [1.54, 1.807) is 6.07 Å². The highest BCUT2D eigenvalue weighted by Gasteiger charge is 2.61. The number of nitrogens with zero attached hydrogens (tertiary/aromatic N) is 1. The summed E-state index contributed by atoms with van der Waals surface area (Å²) in [5.74, 6) is -1.35. The molecule has 0 radical (unpaired) electrons. The number of hydrogen-bond acceptors (Lipinski definition) is 2. The Morgan fingerprint density at radius 2 is 2.23 bits per heavy atom. The van der Waals surface area contributed by atoms with E-state index < -0.39 is 11.9 Å². The van der Waals surface area contributed by atoms with Gasteiger partial charge in [-0.05, 0) is 11.3 Å². The van der Waals surface area contributed by atoms with Crippen LogP contribution in [0.3, 0.4) is 0 Å². The molecule has 0 aromatic carbocycles. The molecule has 0 aromatic heterocycles. The monoisotopic (exact) mass is 199 g/mol. The zero-order chi connectivity index (χ0) is 10.2. The smallest absolute Gasteiger partial charge is 0.307 e. The minimum absolute atomic E-state index is 0.0711. The van der Waals surface area contributed by atoms with Crippen molar-refractivity contribution in [3.05, 3.63) is 11.1 Å². The van der Waals surface area contributed by atoms with Crippen molar-refractivity contribution >= 4 is 17.6 Å². The number of hydrogen-bond donors (Lipinski definition) is 1. The van der Waals surface area contributed by atoms with Gasteiger partial charge in [-0.25, -0.2) is 0 Å². The highest BCUT2D eigenvalue weighted by Crippen LogP contribution is 2.59. The first-order chi connectivity index (χ1) is 5.91. The van der Waals surface area contributed by atoms with Crippen molar-refractivity contribution in [1.82, 2.24) is 0 Å². The summed E-state index contributed by atoms with van der Waals surface area (Å²) in [5, 5.41) is 17.3. The molecule has 1 fully saturated rings. The number of carboxylic acid groups (broad SMARTS) is 1. The molecule has 1 aliphatic rings. The minimum Gasteiger partial charge on any atom is -0.481 e. The van der Waals surface area contributed by atoms with Gasteiger partial charge in [0.05, 0.1) is 5.92 Å². The summed E-state index contributed by atoms with van der Waals surface area (Å²) in [7, 11) is 0. The molecular formula is C9H10ClNO2. The number of nitriles is 1. The van der Waals surface area contributed by atoms with E-state index in [1.807, 2.05) is 13.8 Å². The lowest BCUT2D eigenvalue weighted by molar-refractivity contribution is -0.139. The number of rotatable bonds is 2. The molecule has 0 heterocycles. The predicted molar refractivity (Wildman–Crippen MR) is 47.9 cm³/mol. The maximum absolute atomic E-state index is 10.7. The van der Waals surface area contributed by atoms with Gasteiger partial charge in [0, 0.05) is 0 Å². The molecule has 2 atom stereocenters. The minimum atomic E-state index is -0.825. The summed E-state index contributed by atoms with van der Waals surface area (Å²) in [6, 6.07) is 1.77. The van der Waals surface area contributed by atoms with Crippen LogP contribution in [0.25, 0.3) is 0 Å². The van der Waals surface area contributed by atoms with E-state index in [1.165, 1.54) is 6.08 Å². The third-order valence-electron chi connectivity index (χ3n) is 2.61. The highest BCUT2D eigenvalue weighted by molar-refractivity contribution is 6.31. The Balaban J connectivity index is 2.79. The number of halogens is 1. The molecule has 1 rings (SSSR count). The Bertz CT molecular complexity index is 314. The molecule has 1 aliphatic carbocycles. The molecule has 0 saturated heterocycles. The second kappa shape index (κ2) is 3.04. The summed E-state index contributed by atoms with van der Waals surface area (Å²) >= 11 is 5.50. The van der Waals surface area contributed by atoms with E-state index in [2.05, 4.69) is 0 Å². The van der Waals surface area contributed by atoms with Crippen LogP contribution in [0.4, 0.5) is 0 Å². The van der Waals surface area contributed by atoms with E-state index in [-0.39, 0.29) is 16.4 Å². The molecule has 1 N–H and O–H groups in total. The highest BCUT2D eigenvalue weighted by atomic mass is 35.5. The molecule has 0 spiro atoms. The summed E-state index contributed by atoms with van der Waals surface area (Å²) in [4.78, 5) is 10.7. The first kappa shape index (κ1) is 10.1. The van der Waals surface area contributed by atoms with Crippen molar-refractivity contribution in [3.63, 3.8) is 0 Å². The molecule has 13 heavy (non-hydrogen) atoms. The van der Waals surface area contributed by atoms with Gasteiger partial charge in [-0.1, -0.05) is 31.5 Å². The fourth-order valence-corrected chi connectivity index (χ4v) is 1.79. The molecule has 3 nitrogen and oxygen atoms in total. The number of carboxylic acids is 1. The standard InChI is InChI=1S/C9H10ClNO2/c1-9(2)6(3-5(10)4-11)7(9)8(12)13/h3,6-7H,1-2H3,(H,12,13)/t6-,7-/m0/s1. The first-order valence-corrected chi connectivity index (χ1v) is 4.29. The number of carbonyl (C=O) groups is 1. The molecule has 0 aromatic rings. The van der Waals surface area contributed by atoms with E-state index in [9.17, 15) is 4.79 Å². The van der Waals surface area contributed by atoms with E-state index in [0.717, 1.165) is 0 Å². The van der Waals surface area contributed by atoms with Crippen molar-refractivity contribution in [2.45, 2.75) is 13.8 Å². The maximum atomic E-state index is 10.7. The SMILES string of the molecule is CC1(C)[C@H](C(=O)O)[C@@H]1C=C(Cl)C#N. The fourth-order valence-electron chi connectivity index (χ4n) is 1.66. The van der Waals surface area contributed by atoms with Gasteiger partial charge in [-0.2, -0.15) is 5.26 Å². The summed E-state index contributed by atoms with van der Waals surface area (Å²) in [5.41, 5.74) is -0.275. The van der Waals surface area contributed by atoms with Crippen molar-refractivity contribution < 1.29 is 9.90 Å². The second-order valence-corrected chi connectivity index (χ2v) is 4.20. The molecular weight excluding hydrogens is 190 g/mol. The van der Waals surface area contributed by atoms with Gasteiger partial charge in [0.25, 0.3) is 0 Å². The average molecular weight is 200 g/mol. The number of allylic oxidation sites excluding steroid dienone is 2. The quantitative estimate of drug-likeness (QED) is 0.692. The van der Waals surface area contributed by atoms with Crippen LogP contribution >= 0.6 is 11.6 Å². The predicted octanol–water partition coefficient (Wildman–Crippen LogP) is 1.99.